The molecule has 2 unspecified atom stereocenters. The first-order chi connectivity index (χ1) is 22.5. The lowest BCUT2D eigenvalue weighted by atomic mass is 9.90. The van der Waals surface area contributed by atoms with Gasteiger partial charge in [-0.15, -0.1) is 11.3 Å². The van der Waals surface area contributed by atoms with E-state index in [2.05, 4.69) is 20.9 Å². The number of benzene rings is 2. The molecule has 3 fully saturated rings. The molecule has 13 heteroatoms. The topological polar surface area (TPSA) is 130 Å². The van der Waals surface area contributed by atoms with Crippen LogP contribution in [-0.2, 0) is 22.7 Å². The number of thiophene rings is 1. The molecule has 0 amide bonds. The minimum atomic E-state index is -0.709. The monoisotopic (exact) mass is 648 g/mol. The summed E-state index contributed by atoms with van der Waals surface area (Å²) >= 11 is 1.17. The molecule has 2 aromatic heterocycles. The van der Waals surface area contributed by atoms with Crippen molar-refractivity contribution in [1.29, 1.82) is 5.26 Å². The van der Waals surface area contributed by atoms with E-state index in [4.69, 9.17) is 24.9 Å². The van der Waals surface area contributed by atoms with Gasteiger partial charge < -0.3 is 30.0 Å². The number of nitrogens with two attached hydrogens (primary N) is 1. The van der Waals surface area contributed by atoms with Crippen molar-refractivity contribution in [2.24, 2.45) is 0 Å². The van der Waals surface area contributed by atoms with Gasteiger partial charge in [0.05, 0.1) is 30.3 Å². The molecule has 3 atom stereocenters. The molecule has 3 N–H and O–H groups in total. The molecule has 3 saturated heterocycles. The van der Waals surface area contributed by atoms with Gasteiger partial charge in [-0.3, -0.25) is 4.90 Å². The second-order valence-corrected chi connectivity index (χ2v) is 13.6. The van der Waals surface area contributed by atoms with Crippen LogP contribution in [0.4, 0.5) is 19.6 Å². The van der Waals surface area contributed by atoms with Crippen LogP contribution in [0.1, 0.15) is 48.8 Å². The third kappa shape index (κ3) is 4.77. The Balaban J connectivity index is 1.34. The van der Waals surface area contributed by atoms with Crippen LogP contribution in [0.25, 0.3) is 32.1 Å². The number of piperazine rings is 1. The van der Waals surface area contributed by atoms with Crippen LogP contribution in [0, 0.1) is 23.0 Å². The largest absolute Gasteiger partial charge is 0.461 e. The van der Waals surface area contributed by atoms with Gasteiger partial charge in [0.2, 0.25) is 0 Å². The van der Waals surface area contributed by atoms with E-state index in [9.17, 15) is 10.4 Å². The number of nitrogen functional groups attached to an aromatic ring is 1. The van der Waals surface area contributed by atoms with E-state index >= 15 is 8.78 Å². The molecule has 4 aromatic rings. The fourth-order valence-corrected chi connectivity index (χ4v) is 8.73. The normalized spacial score (nSPS) is 22.7. The summed E-state index contributed by atoms with van der Waals surface area (Å²) in [5.41, 5.74) is 7.58. The predicted octanol–water partition coefficient (Wildman–Crippen LogP) is 4.87. The van der Waals surface area contributed by atoms with E-state index in [0.717, 1.165) is 45.3 Å². The summed E-state index contributed by atoms with van der Waals surface area (Å²) in [7, 11) is 0. The van der Waals surface area contributed by atoms with Crippen LogP contribution in [0.5, 0.6) is 6.01 Å². The van der Waals surface area contributed by atoms with E-state index in [-0.39, 0.29) is 77.8 Å². The van der Waals surface area contributed by atoms with Crippen LogP contribution in [0.3, 0.4) is 0 Å². The smallest absolute Gasteiger partial charge is 0.319 e. The van der Waals surface area contributed by atoms with Crippen molar-refractivity contribution in [3.05, 3.63) is 40.5 Å². The average Bonchev–Trinajstić information content (AvgIpc) is 3.86. The Morgan fingerprint density at radius 3 is 2.63 bits per heavy atom. The first-order valence-electron chi connectivity index (χ1n) is 15.9. The van der Waals surface area contributed by atoms with Crippen molar-refractivity contribution < 1.29 is 28.1 Å². The van der Waals surface area contributed by atoms with E-state index in [1.807, 2.05) is 0 Å². The molecular weight excluding hydrogens is 614 g/mol. The highest BCUT2D eigenvalue weighted by Crippen LogP contribution is 2.49. The molecule has 4 aliphatic rings. The standard InChI is InChI=1S/C33H34F2N6O4S/c34-23-6-7-24-25(20(11-36)31(37)46-24)28(23)26-21-15-43-16-22(21)27-30(29(26)35)38-33(45-14-19-3-1-10-44-19)39-32(27)41-17-4-5-18(41)13-40(12-17)8-2-9-42/h6-7,17-19,42H,1-5,8-10,12-16,37H2/t17?,18?,19-/m1/s1. The lowest BCUT2D eigenvalue weighted by molar-refractivity contribution is 0.0646. The van der Waals surface area contributed by atoms with Crippen molar-refractivity contribution in [1.82, 2.24) is 14.9 Å². The van der Waals surface area contributed by atoms with E-state index < -0.39 is 11.6 Å². The Morgan fingerprint density at radius 2 is 1.89 bits per heavy atom. The minimum Gasteiger partial charge on any atom is -0.461 e. The average molecular weight is 649 g/mol. The molecule has 0 aliphatic carbocycles. The van der Waals surface area contributed by atoms with Crippen LogP contribution < -0.4 is 15.4 Å². The first-order valence-corrected chi connectivity index (χ1v) is 16.7. The van der Waals surface area contributed by atoms with Gasteiger partial charge >= 0.3 is 6.01 Å². The lowest BCUT2D eigenvalue weighted by Gasteiger charge is -2.42. The number of fused-ring (bicyclic) bond motifs is 6. The van der Waals surface area contributed by atoms with E-state index in [0.29, 0.717) is 45.4 Å². The third-order valence-corrected chi connectivity index (χ3v) is 10.8. The number of aliphatic hydroxyl groups is 1. The van der Waals surface area contributed by atoms with Crippen LogP contribution in [0.2, 0.25) is 0 Å². The molecule has 0 radical (unpaired) electrons. The minimum absolute atomic E-state index is 0.0114. The van der Waals surface area contributed by atoms with Gasteiger partial charge in [-0.1, -0.05) is 0 Å². The molecule has 2 aromatic carbocycles. The van der Waals surface area contributed by atoms with Crippen LogP contribution in [0.15, 0.2) is 12.1 Å². The van der Waals surface area contributed by atoms with Gasteiger partial charge in [-0.25, -0.2) is 8.78 Å². The summed E-state index contributed by atoms with van der Waals surface area (Å²) in [6, 6.07) is 5.28. The molecule has 8 rings (SSSR count). The Hall–Kier alpha value is -3.67. The molecule has 6 heterocycles. The molecule has 240 valence electrons. The van der Waals surface area contributed by atoms with Crippen LogP contribution in [-0.4, -0.2) is 77.6 Å². The maximum atomic E-state index is 17.3. The van der Waals surface area contributed by atoms with Gasteiger partial charge in [0, 0.05) is 66.1 Å². The fraction of sp³-hybridized carbons (Fsp3) is 0.485. The summed E-state index contributed by atoms with van der Waals surface area (Å²) in [6.45, 7) is 3.73. The number of nitriles is 1. The maximum Gasteiger partial charge on any atom is 0.319 e. The number of aliphatic hydroxyl groups excluding tert-OH is 1. The summed E-state index contributed by atoms with van der Waals surface area (Å²) in [6.07, 6.45) is 4.34. The quantitative estimate of drug-likeness (QED) is 0.273. The molecule has 4 aliphatic heterocycles. The molecule has 10 nitrogen and oxygen atoms in total. The highest BCUT2D eigenvalue weighted by molar-refractivity contribution is 7.23. The highest BCUT2D eigenvalue weighted by atomic mass is 32.1. The van der Waals surface area contributed by atoms with Gasteiger partial charge in [0.1, 0.15) is 34.8 Å². The molecule has 0 saturated carbocycles. The number of hydrogen-bond acceptors (Lipinski definition) is 11. The lowest BCUT2D eigenvalue weighted by Crippen LogP contribution is -2.54. The zero-order chi connectivity index (χ0) is 31.5. The van der Waals surface area contributed by atoms with Gasteiger partial charge in [0.15, 0.2) is 5.82 Å². The van der Waals surface area contributed by atoms with E-state index in [1.165, 1.54) is 17.4 Å². The van der Waals surface area contributed by atoms with Gasteiger partial charge in [-0.05, 0) is 55.4 Å². The summed E-state index contributed by atoms with van der Waals surface area (Å²) < 4.78 is 51.6. The van der Waals surface area contributed by atoms with E-state index in [1.54, 1.807) is 6.07 Å². The number of halogens is 2. The SMILES string of the molecule is N#Cc1c(N)sc2ccc(F)c(-c3c4c(c5c(N6C7CCC6CN(CCCO)C7)nc(OC[C@H]6CCCO6)nc5c3F)COC4)c12. The van der Waals surface area contributed by atoms with Gasteiger partial charge in [-0.2, -0.15) is 15.2 Å². The zero-order valence-corrected chi connectivity index (χ0v) is 26.0. The third-order valence-electron chi connectivity index (χ3n) is 9.81. The summed E-state index contributed by atoms with van der Waals surface area (Å²) in [5, 5.41) is 20.5. The zero-order valence-electron chi connectivity index (χ0n) is 25.2. The highest BCUT2D eigenvalue weighted by Gasteiger charge is 2.43. The van der Waals surface area contributed by atoms with Crippen LogP contribution >= 0.6 is 11.3 Å². The maximum absolute atomic E-state index is 17.3. The second kappa shape index (κ2) is 11.8. The summed E-state index contributed by atoms with van der Waals surface area (Å²) in [5.74, 6) is -0.765. The number of aromatic nitrogens is 2. The van der Waals surface area contributed by atoms with Crippen molar-refractivity contribution in [2.75, 3.05) is 50.1 Å². The Morgan fingerprint density at radius 1 is 1.09 bits per heavy atom. The summed E-state index contributed by atoms with van der Waals surface area (Å²) in [4.78, 5) is 14.3. The number of rotatable bonds is 8. The van der Waals surface area contributed by atoms with Crippen molar-refractivity contribution in [3.63, 3.8) is 0 Å². The molecule has 46 heavy (non-hydrogen) atoms. The molecular formula is C33H34F2N6O4S. The Bertz CT molecular complexity index is 1880. The number of ether oxygens (including phenoxy) is 3. The number of anilines is 2. The Labute approximate surface area is 268 Å². The first kappa shape index (κ1) is 29.7. The Kier molecular flexibility index (Phi) is 7.65. The predicted molar refractivity (Wildman–Crippen MR) is 170 cm³/mol. The van der Waals surface area contributed by atoms with Crippen molar-refractivity contribution >= 4 is 43.1 Å². The number of nitrogens with zero attached hydrogens (tertiary/aromatic N) is 5. The second-order valence-electron chi connectivity index (χ2n) is 12.5. The number of hydrogen-bond donors (Lipinski definition) is 2. The van der Waals surface area contributed by atoms with Gasteiger partial charge in [0.25, 0.3) is 0 Å². The molecule has 0 spiro atoms. The molecule has 2 bridgehead atoms. The van der Waals surface area contributed by atoms with Crippen molar-refractivity contribution in [3.8, 4) is 23.2 Å². The van der Waals surface area contributed by atoms with Crippen molar-refractivity contribution in [2.45, 2.75) is 63.5 Å². The number of likely N-dealkylation sites (tertiary alicyclic amines) is 1. The fourth-order valence-electron chi connectivity index (χ4n) is 7.80.